The Kier molecular flexibility index (Phi) is 4.83. The maximum Gasteiger partial charge on any atom is 0.495 e. The Bertz CT molecular complexity index is 773. The Morgan fingerprint density at radius 2 is 1.71 bits per heavy atom. The third kappa shape index (κ3) is 3.76. The molecule has 0 spiro atoms. The summed E-state index contributed by atoms with van der Waals surface area (Å²) in [5.41, 5.74) is -1.45. The van der Waals surface area contributed by atoms with Crippen molar-refractivity contribution in [1.82, 2.24) is 4.90 Å². The third-order valence-corrected chi connectivity index (χ3v) is 5.46. The topological polar surface area (TPSA) is 48.0 Å². The standard InChI is InChI=1S/C20H28BF2NO4/c1-17(2,3)26-16(25)24-11-13-9-8-10-14(15(13)20(22,23)12-24)21-27-18(4,5)19(6,7)28-21/h8-10H,11-12H2,1-7H3. The van der Waals surface area contributed by atoms with E-state index in [2.05, 4.69) is 0 Å². The highest BCUT2D eigenvalue weighted by Gasteiger charge is 2.54. The third-order valence-electron chi connectivity index (χ3n) is 5.46. The average Bonchev–Trinajstić information content (AvgIpc) is 2.72. The number of carbonyl (C=O) groups excluding carboxylic acids is 1. The van der Waals surface area contributed by atoms with Gasteiger partial charge in [-0.05, 0) is 59.5 Å². The van der Waals surface area contributed by atoms with Crippen LogP contribution in [0.4, 0.5) is 13.6 Å². The SMILES string of the molecule is CC(C)(C)OC(=O)N1Cc2cccc(B3OC(C)(C)C(C)(C)O3)c2C(F)(F)C1. The average molecular weight is 395 g/mol. The van der Waals surface area contributed by atoms with Crippen LogP contribution in [-0.2, 0) is 26.5 Å². The second-order valence-corrected chi connectivity index (χ2v) is 9.51. The number of halogens is 2. The van der Waals surface area contributed by atoms with Crippen molar-refractivity contribution in [2.24, 2.45) is 0 Å². The van der Waals surface area contributed by atoms with Gasteiger partial charge >= 0.3 is 13.2 Å². The van der Waals surface area contributed by atoms with Gasteiger partial charge in [-0.25, -0.2) is 4.79 Å². The fraction of sp³-hybridized carbons (Fsp3) is 0.650. The van der Waals surface area contributed by atoms with Crippen molar-refractivity contribution < 1.29 is 27.6 Å². The van der Waals surface area contributed by atoms with Gasteiger partial charge in [0.25, 0.3) is 5.92 Å². The molecule has 8 heteroatoms. The molecule has 1 amide bonds. The maximum atomic E-state index is 15.2. The highest BCUT2D eigenvalue weighted by Crippen LogP contribution is 2.40. The number of carbonyl (C=O) groups is 1. The number of benzene rings is 1. The largest absolute Gasteiger partial charge is 0.495 e. The first-order valence-corrected chi connectivity index (χ1v) is 9.47. The number of alkyl halides is 2. The van der Waals surface area contributed by atoms with E-state index in [1.165, 1.54) is 0 Å². The summed E-state index contributed by atoms with van der Waals surface area (Å²) < 4.78 is 47.6. The van der Waals surface area contributed by atoms with Crippen LogP contribution < -0.4 is 5.46 Å². The van der Waals surface area contributed by atoms with Crippen LogP contribution in [-0.4, -0.2) is 41.5 Å². The van der Waals surface area contributed by atoms with Crippen LogP contribution in [0.1, 0.15) is 59.6 Å². The molecule has 2 heterocycles. The minimum Gasteiger partial charge on any atom is -0.444 e. The van der Waals surface area contributed by atoms with Gasteiger partial charge in [-0.3, -0.25) is 4.90 Å². The Morgan fingerprint density at radius 3 is 2.25 bits per heavy atom. The predicted octanol–water partition coefficient (Wildman–Crippen LogP) is 3.83. The van der Waals surface area contributed by atoms with Crippen molar-refractivity contribution in [2.75, 3.05) is 6.54 Å². The lowest BCUT2D eigenvalue weighted by atomic mass is 9.72. The van der Waals surface area contributed by atoms with Crippen LogP contribution in [0.3, 0.4) is 0 Å². The van der Waals surface area contributed by atoms with Crippen LogP contribution in [0.2, 0.25) is 0 Å². The van der Waals surface area contributed by atoms with E-state index in [4.69, 9.17) is 14.0 Å². The smallest absolute Gasteiger partial charge is 0.444 e. The summed E-state index contributed by atoms with van der Waals surface area (Å²) >= 11 is 0. The molecule has 2 aliphatic heterocycles. The first-order valence-electron chi connectivity index (χ1n) is 9.47. The summed E-state index contributed by atoms with van der Waals surface area (Å²) in [5.74, 6) is -3.25. The number of fused-ring (bicyclic) bond motifs is 1. The Morgan fingerprint density at radius 1 is 1.14 bits per heavy atom. The molecule has 0 N–H and O–H groups in total. The van der Waals surface area contributed by atoms with E-state index in [0.717, 1.165) is 4.90 Å². The number of rotatable bonds is 1. The molecule has 154 valence electrons. The van der Waals surface area contributed by atoms with Gasteiger partial charge in [-0.2, -0.15) is 8.78 Å². The van der Waals surface area contributed by atoms with E-state index in [1.54, 1.807) is 39.0 Å². The van der Waals surface area contributed by atoms with Gasteiger partial charge in [-0.1, -0.05) is 18.2 Å². The minimum absolute atomic E-state index is 0.0488. The summed E-state index contributed by atoms with van der Waals surface area (Å²) in [6, 6.07) is 4.90. The van der Waals surface area contributed by atoms with E-state index < -0.39 is 42.5 Å². The summed E-state index contributed by atoms with van der Waals surface area (Å²) in [5, 5.41) is 0. The van der Waals surface area contributed by atoms with E-state index in [0.29, 0.717) is 11.0 Å². The van der Waals surface area contributed by atoms with Gasteiger partial charge in [0.05, 0.1) is 17.7 Å². The van der Waals surface area contributed by atoms with Crippen LogP contribution in [0.15, 0.2) is 18.2 Å². The molecule has 1 fully saturated rings. The van der Waals surface area contributed by atoms with Gasteiger partial charge in [-0.15, -0.1) is 0 Å². The van der Waals surface area contributed by atoms with Gasteiger partial charge in [0.15, 0.2) is 0 Å². The van der Waals surface area contributed by atoms with Crippen molar-refractivity contribution in [3.63, 3.8) is 0 Å². The van der Waals surface area contributed by atoms with Crippen molar-refractivity contribution in [3.05, 3.63) is 29.3 Å². The predicted molar refractivity (Wildman–Crippen MR) is 103 cm³/mol. The van der Waals surface area contributed by atoms with Crippen LogP contribution in [0, 0.1) is 0 Å². The number of amides is 1. The van der Waals surface area contributed by atoms with Gasteiger partial charge in [0.2, 0.25) is 0 Å². The molecule has 0 radical (unpaired) electrons. The summed E-state index contributed by atoms with van der Waals surface area (Å²) in [4.78, 5) is 13.4. The van der Waals surface area contributed by atoms with E-state index >= 15 is 8.78 Å². The van der Waals surface area contributed by atoms with E-state index in [9.17, 15) is 4.79 Å². The minimum atomic E-state index is -3.25. The van der Waals surface area contributed by atoms with Crippen LogP contribution in [0.5, 0.6) is 0 Å². The molecule has 5 nitrogen and oxygen atoms in total. The molecular weight excluding hydrogens is 367 g/mol. The second-order valence-electron chi connectivity index (χ2n) is 9.51. The van der Waals surface area contributed by atoms with Crippen molar-refractivity contribution in [3.8, 4) is 0 Å². The zero-order valence-corrected chi connectivity index (χ0v) is 17.6. The molecule has 0 saturated carbocycles. The molecule has 0 bridgehead atoms. The lowest BCUT2D eigenvalue weighted by molar-refractivity contribution is -0.0585. The molecule has 3 rings (SSSR count). The normalized spacial score (nSPS) is 22.8. The maximum absolute atomic E-state index is 15.2. The Balaban J connectivity index is 1.95. The lowest BCUT2D eigenvalue weighted by Gasteiger charge is -2.36. The second kappa shape index (κ2) is 6.42. The molecule has 1 saturated heterocycles. The molecule has 0 atom stereocenters. The Labute approximate surface area is 165 Å². The molecular formula is C20H28BF2NO4. The zero-order valence-electron chi connectivity index (χ0n) is 17.6. The first-order chi connectivity index (χ1) is 12.6. The van der Waals surface area contributed by atoms with E-state index in [-0.39, 0.29) is 12.1 Å². The molecule has 1 aromatic carbocycles. The quantitative estimate of drug-likeness (QED) is 0.679. The Hall–Kier alpha value is -1.67. The highest BCUT2D eigenvalue weighted by atomic mass is 19.3. The highest BCUT2D eigenvalue weighted by molar-refractivity contribution is 6.62. The molecule has 0 aliphatic carbocycles. The summed E-state index contributed by atoms with van der Waals surface area (Å²) in [7, 11) is -0.890. The van der Waals surface area contributed by atoms with Gasteiger partial charge in [0.1, 0.15) is 5.60 Å². The number of hydrogen-bond donors (Lipinski definition) is 0. The molecule has 2 aliphatic rings. The monoisotopic (exact) mass is 395 g/mol. The number of hydrogen-bond acceptors (Lipinski definition) is 4. The van der Waals surface area contributed by atoms with Crippen molar-refractivity contribution >= 4 is 18.7 Å². The summed E-state index contributed by atoms with van der Waals surface area (Å²) in [6.45, 7) is 11.9. The van der Waals surface area contributed by atoms with Gasteiger partial charge in [0, 0.05) is 12.1 Å². The van der Waals surface area contributed by atoms with E-state index in [1.807, 2.05) is 27.7 Å². The van der Waals surface area contributed by atoms with Crippen LogP contribution >= 0.6 is 0 Å². The lowest BCUT2D eigenvalue weighted by Crippen LogP contribution is -2.50. The fourth-order valence-corrected chi connectivity index (χ4v) is 3.40. The number of nitrogens with zero attached hydrogens (tertiary/aromatic N) is 1. The summed E-state index contributed by atoms with van der Waals surface area (Å²) in [6.07, 6.45) is -0.751. The zero-order chi connectivity index (χ0) is 21.1. The number of ether oxygens (including phenoxy) is 1. The molecule has 28 heavy (non-hydrogen) atoms. The van der Waals surface area contributed by atoms with Crippen molar-refractivity contribution in [2.45, 2.75) is 77.7 Å². The molecule has 1 aromatic rings. The van der Waals surface area contributed by atoms with Gasteiger partial charge < -0.3 is 14.0 Å². The molecule has 0 aromatic heterocycles. The van der Waals surface area contributed by atoms with Crippen molar-refractivity contribution in [1.29, 1.82) is 0 Å². The van der Waals surface area contributed by atoms with Crippen LogP contribution in [0.25, 0.3) is 0 Å². The molecule has 0 unspecified atom stereocenters. The fourth-order valence-electron chi connectivity index (χ4n) is 3.40. The first kappa shape index (κ1) is 21.1.